The second-order valence-electron chi connectivity index (χ2n) is 7.17. The fourth-order valence-corrected chi connectivity index (χ4v) is 3.49. The minimum absolute atomic E-state index is 0.130. The number of hydrazone groups is 1. The normalized spacial score (nSPS) is 16.7. The van der Waals surface area contributed by atoms with E-state index in [-0.39, 0.29) is 22.5 Å². The molecule has 0 bridgehead atoms. The lowest BCUT2D eigenvalue weighted by Gasteiger charge is -2.34. The fraction of sp³-hybridized carbons (Fsp3) is 0.500. The molecule has 0 heterocycles. The third-order valence-electron chi connectivity index (χ3n) is 4.87. The lowest BCUT2D eigenvalue weighted by molar-refractivity contribution is -0.393. The van der Waals surface area contributed by atoms with Gasteiger partial charge in [-0.3, -0.25) is 25.7 Å². The van der Waals surface area contributed by atoms with E-state index in [1.165, 1.54) is 36.1 Å². The van der Waals surface area contributed by atoms with Crippen LogP contribution in [0.4, 0.5) is 17.1 Å². The third-order valence-corrected chi connectivity index (χ3v) is 4.87. The molecule has 0 fully saturated rings. The number of nitro groups is 2. The van der Waals surface area contributed by atoms with E-state index >= 15 is 0 Å². The van der Waals surface area contributed by atoms with Crippen LogP contribution in [0, 0.1) is 25.6 Å². The number of anilines is 1. The average molecular weight is 360 g/mol. The van der Waals surface area contributed by atoms with Gasteiger partial charge >= 0.3 is 5.69 Å². The summed E-state index contributed by atoms with van der Waals surface area (Å²) in [7, 11) is 0. The van der Waals surface area contributed by atoms with Crippen LogP contribution in [0.5, 0.6) is 0 Å². The van der Waals surface area contributed by atoms with Crippen LogP contribution in [0.2, 0.25) is 0 Å². The quantitative estimate of drug-likeness (QED) is 0.310. The number of nitro benzene ring substituents is 2. The molecule has 1 aliphatic carbocycles. The first kappa shape index (κ1) is 19.6. The molecule has 0 radical (unpaired) electrons. The van der Waals surface area contributed by atoms with Crippen molar-refractivity contribution in [2.24, 2.45) is 10.5 Å². The molecule has 0 unspecified atom stereocenters. The number of allylic oxidation sites excluding steroid dienone is 2. The Morgan fingerprint density at radius 2 is 2.00 bits per heavy atom. The molecule has 1 N–H and O–H groups in total. The molecule has 1 aromatic carbocycles. The van der Waals surface area contributed by atoms with E-state index in [1.54, 1.807) is 6.21 Å². The van der Waals surface area contributed by atoms with Crippen LogP contribution in [0.25, 0.3) is 0 Å². The van der Waals surface area contributed by atoms with E-state index in [4.69, 9.17) is 0 Å². The van der Waals surface area contributed by atoms with Gasteiger partial charge in [0, 0.05) is 12.3 Å². The van der Waals surface area contributed by atoms with Crippen LogP contribution in [0.3, 0.4) is 0 Å². The fourth-order valence-electron chi connectivity index (χ4n) is 3.49. The molecule has 0 spiro atoms. The summed E-state index contributed by atoms with van der Waals surface area (Å²) < 4.78 is 0. The Bertz CT molecular complexity index is 768. The van der Waals surface area contributed by atoms with Gasteiger partial charge in [0.25, 0.3) is 5.69 Å². The van der Waals surface area contributed by atoms with Gasteiger partial charge in [-0.25, -0.2) is 0 Å². The zero-order chi connectivity index (χ0) is 19.3. The summed E-state index contributed by atoms with van der Waals surface area (Å²) in [4.78, 5) is 20.5. The summed E-state index contributed by atoms with van der Waals surface area (Å²) in [6, 6.07) is 3.44. The van der Waals surface area contributed by atoms with Crippen molar-refractivity contribution in [1.29, 1.82) is 0 Å². The maximum atomic E-state index is 11.1. The van der Waals surface area contributed by atoms with Gasteiger partial charge in [0.05, 0.1) is 15.9 Å². The van der Waals surface area contributed by atoms with Crippen LogP contribution in [-0.4, -0.2) is 16.1 Å². The summed E-state index contributed by atoms with van der Waals surface area (Å²) in [5.41, 5.74) is 5.18. The molecule has 140 valence electrons. The van der Waals surface area contributed by atoms with Gasteiger partial charge in [-0.15, -0.1) is 0 Å². The molecule has 1 aromatic rings. The molecule has 0 aromatic heterocycles. The van der Waals surface area contributed by atoms with Gasteiger partial charge in [0.15, 0.2) is 0 Å². The molecule has 0 saturated carbocycles. The molecule has 0 aliphatic heterocycles. The van der Waals surface area contributed by atoms with Gasteiger partial charge in [-0.2, -0.15) is 5.10 Å². The summed E-state index contributed by atoms with van der Waals surface area (Å²) in [6.45, 7) is 6.72. The standard InChI is InChI=1S/C18H24N4O4/c1-13-6-4-10-18(2,3)15(13)7-5-11-19-20-16-9-8-14(21(23)24)12-17(16)22(25)26/h8-9,11-12,20H,4-7,10H2,1-3H3/b19-11+. The van der Waals surface area contributed by atoms with E-state index in [2.05, 4.69) is 31.3 Å². The molecule has 0 amide bonds. The molecule has 8 heteroatoms. The summed E-state index contributed by atoms with van der Waals surface area (Å²) in [5.74, 6) is 0. The van der Waals surface area contributed by atoms with Gasteiger partial charge in [-0.1, -0.05) is 25.0 Å². The van der Waals surface area contributed by atoms with Crippen LogP contribution in [-0.2, 0) is 0 Å². The minimum atomic E-state index is -0.665. The number of benzene rings is 1. The molecular formula is C18H24N4O4. The summed E-state index contributed by atoms with van der Waals surface area (Å²) in [6.07, 6.45) is 6.88. The van der Waals surface area contributed by atoms with Gasteiger partial charge in [0.1, 0.15) is 5.69 Å². The van der Waals surface area contributed by atoms with Crippen molar-refractivity contribution in [3.8, 4) is 0 Å². The van der Waals surface area contributed by atoms with Crippen LogP contribution in [0.1, 0.15) is 52.9 Å². The Balaban J connectivity index is 2.01. The molecule has 8 nitrogen and oxygen atoms in total. The van der Waals surface area contributed by atoms with Crippen molar-refractivity contribution in [1.82, 2.24) is 0 Å². The van der Waals surface area contributed by atoms with E-state index in [0.717, 1.165) is 25.3 Å². The number of hydrogen-bond acceptors (Lipinski definition) is 6. The van der Waals surface area contributed by atoms with Crippen molar-refractivity contribution in [2.45, 2.75) is 52.9 Å². The molecule has 0 saturated heterocycles. The smallest absolute Gasteiger partial charge is 0.272 e. The van der Waals surface area contributed by atoms with Gasteiger partial charge in [0.2, 0.25) is 0 Å². The number of hydrogen-bond donors (Lipinski definition) is 1. The lowest BCUT2D eigenvalue weighted by atomic mass is 9.71. The van der Waals surface area contributed by atoms with Gasteiger partial charge < -0.3 is 0 Å². The highest BCUT2D eigenvalue weighted by Crippen LogP contribution is 2.42. The van der Waals surface area contributed by atoms with Crippen LogP contribution < -0.4 is 5.43 Å². The third kappa shape index (κ3) is 4.65. The molecule has 1 aliphatic rings. The number of rotatable bonds is 7. The number of nitrogens with one attached hydrogen (secondary N) is 1. The highest BCUT2D eigenvalue weighted by atomic mass is 16.6. The maximum absolute atomic E-state index is 11.1. The number of non-ortho nitro benzene ring substituents is 1. The second-order valence-corrected chi connectivity index (χ2v) is 7.17. The largest absolute Gasteiger partial charge is 0.301 e. The first-order valence-corrected chi connectivity index (χ1v) is 8.62. The minimum Gasteiger partial charge on any atom is -0.272 e. The van der Waals surface area contributed by atoms with Crippen molar-refractivity contribution < 1.29 is 9.85 Å². The topological polar surface area (TPSA) is 111 Å². The predicted octanol–water partition coefficient (Wildman–Crippen LogP) is 5.21. The molecule has 2 rings (SSSR count). The van der Waals surface area contributed by atoms with Crippen molar-refractivity contribution in [3.05, 3.63) is 49.6 Å². The predicted molar refractivity (Wildman–Crippen MR) is 101 cm³/mol. The maximum Gasteiger partial charge on any atom is 0.301 e. The first-order chi connectivity index (χ1) is 12.2. The Labute approximate surface area is 152 Å². The van der Waals surface area contributed by atoms with E-state index < -0.39 is 9.85 Å². The zero-order valence-corrected chi connectivity index (χ0v) is 15.3. The molecular weight excluding hydrogens is 336 g/mol. The van der Waals surface area contributed by atoms with Crippen LogP contribution >= 0.6 is 0 Å². The first-order valence-electron chi connectivity index (χ1n) is 8.62. The summed E-state index contributed by atoms with van der Waals surface area (Å²) in [5, 5.41) is 25.9. The highest BCUT2D eigenvalue weighted by molar-refractivity contribution is 5.67. The highest BCUT2D eigenvalue weighted by Gasteiger charge is 2.27. The Morgan fingerprint density at radius 3 is 2.62 bits per heavy atom. The monoisotopic (exact) mass is 360 g/mol. The van der Waals surface area contributed by atoms with Crippen molar-refractivity contribution in [3.63, 3.8) is 0 Å². The zero-order valence-electron chi connectivity index (χ0n) is 15.3. The van der Waals surface area contributed by atoms with Crippen molar-refractivity contribution in [2.75, 3.05) is 5.43 Å². The van der Waals surface area contributed by atoms with Gasteiger partial charge in [-0.05, 0) is 50.5 Å². The molecule has 0 atom stereocenters. The van der Waals surface area contributed by atoms with E-state index in [0.29, 0.717) is 0 Å². The SMILES string of the molecule is CC1=C(CC/C=N/Nc2ccc([N+](=O)[O-])cc2[N+](=O)[O-])C(C)(C)CCC1. The van der Waals surface area contributed by atoms with E-state index in [9.17, 15) is 20.2 Å². The van der Waals surface area contributed by atoms with E-state index in [1.807, 2.05) is 0 Å². The number of nitrogens with zero attached hydrogens (tertiary/aromatic N) is 3. The average Bonchev–Trinajstić information content (AvgIpc) is 2.56. The lowest BCUT2D eigenvalue weighted by Crippen LogP contribution is -2.20. The molecule has 26 heavy (non-hydrogen) atoms. The second kappa shape index (κ2) is 8.07. The van der Waals surface area contributed by atoms with Crippen molar-refractivity contribution >= 4 is 23.3 Å². The Morgan fingerprint density at radius 1 is 1.27 bits per heavy atom. The van der Waals surface area contributed by atoms with Crippen LogP contribution in [0.15, 0.2) is 34.4 Å². The summed E-state index contributed by atoms with van der Waals surface area (Å²) >= 11 is 0. The Hall–Kier alpha value is -2.77. The Kier molecular flexibility index (Phi) is 6.07.